The third-order valence-corrected chi connectivity index (χ3v) is 5.39. The first-order chi connectivity index (χ1) is 13.9. The number of thiophene rings is 1. The van der Waals surface area contributed by atoms with Crippen LogP contribution in [0, 0.1) is 6.92 Å². The minimum Gasteiger partial charge on any atom is -0.504 e. The van der Waals surface area contributed by atoms with Crippen molar-refractivity contribution < 1.29 is 34.4 Å². The SMILES string of the molecule is Cc1c(-c2ccc(OCc3ccccc3)c(O)c2)sc(C(=O)O)c1OCC(=O)O. The Labute approximate surface area is 170 Å². The average Bonchev–Trinajstić information content (AvgIpc) is 3.03. The van der Waals surface area contributed by atoms with Crippen LogP contribution in [0.25, 0.3) is 10.4 Å². The largest absolute Gasteiger partial charge is 0.504 e. The number of carbonyl (C=O) groups is 2. The fraction of sp³-hybridized carbons (Fsp3) is 0.143. The van der Waals surface area contributed by atoms with Gasteiger partial charge in [-0.2, -0.15) is 0 Å². The van der Waals surface area contributed by atoms with Crippen molar-refractivity contribution in [2.45, 2.75) is 13.5 Å². The molecule has 3 aromatic rings. The molecule has 0 unspecified atom stereocenters. The Hall–Kier alpha value is -3.52. The second-order valence-corrected chi connectivity index (χ2v) is 7.18. The van der Waals surface area contributed by atoms with Gasteiger partial charge in [-0.15, -0.1) is 11.3 Å². The second kappa shape index (κ2) is 8.66. The lowest BCUT2D eigenvalue weighted by atomic mass is 10.1. The van der Waals surface area contributed by atoms with Crippen LogP contribution >= 0.6 is 11.3 Å². The van der Waals surface area contributed by atoms with Gasteiger partial charge in [-0.1, -0.05) is 30.3 Å². The molecule has 150 valence electrons. The number of aromatic carboxylic acids is 1. The Bertz CT molecular complexity index is 1040. The predicted octanol–water partition coefficient (Wildman–Crippen LogP) is 4.17. The van der Waals surface area contributed by atoms with E-state index in [4.69, 9.17) is 14.6 Å². The molecule has 3 N–H and O–H groups in total. The second-order valence-electron chi connectivity index (χ2n) is 6.16. The quantitative estimate of drug-likeness (QED) is 0.507. The number of aliphatic carboxylic acids is 1. The van der Waals surface area contributed by atoms with Crippen molar-refractivity contribution in [3.63, 3.8) is 0 Å². The normalized spacial score (nSPS) is 10.5. The van der Waals surface area contributed by atoms with Gasteiger partial charge in [0.05, 0.1) is 0 Å². The molecule has 2 aromatic carbocycles. The Morgan fingerprint density at radius 2 is 1.76 bits per heavy atom. The first-order valence-electron chi connectivity index (χ1n) is 8.58. The summed E-state index contributed by atoms with van der Waals surface area (Å²) in [6, 6.07) is 14.3. The molecule has 0 saturated heterocycles. The monoisotopic (exact) mass is 414 g/mol. The van der Waals surface area contributed by atoms with E-state index in [0.29, 0.717) is 28.4 Å². The zero-order chi connectivity index (χ0) is 21.0. The molecule has 0 amide bonds. The summed E-state index contributed by atoms with van der Waals surface area (Å²) in [4.78, 5) is 22.8. The molecule has 0 aliphatic carbocycles. The number of hydrogen-bond acceptors (Lipinski definition) is 6. The fourth-order valence-electron chi connectivity index (χ4n) is 2.74. The average molecular weight is 414 g/mol. The Morgan fingerprint density at radius 1 is 1.03 bits per heavy atom. The van der Waals surface area contributed by atoms with E-state index in [9.17, 15) is 19.8 Å². The highest BCUT2D eigenvalue weighted by Gasteiger charge is 2.23. The topological polar surface area (TPSA) is 113 Å². The molecule has 8 heteroatoms. The van der Waals surface area contributed by atoms with E-state index in [-0.39, 0.29) is 16.4 Å². The van der Waals surface area contributed by atoms with Gasteiger partial charge in [-0.25, -0.2) is 9.59 Å². The summed E-state index contributed by atoms with van der Waals surface area (Å²) in [6.07, 6.45) is 0. The number of ether oxygens (including phenoxy) is 2. The van der Waals surface area contributed by atoms with Crippen LogP contribution < -0.4 is 9.47 Å². The fourth-order valence-corrected chi connectivity index (χ4v) is 3.83. The summed E-state index contributed by atoms with van der Waals surface area (Å²) in [6.45, 7) is 1.29. The zero-order valence-electron chi connectivity index (χ0n) is 15.4. The van der Waals surface area contributed by atoms with Crippen LogP contribution in [0.2, 0.25) is 0 Å². The zero-order valence-corrected chi connectivity index (χ0v) is 16.2. The molecule has 0 bridgehead atoms. The lowest BCUT2D eigenvalue weighted by molar-refractivity contribution is -0.139. The van der Waals surface area contributed by atoms with Crippen LogP contribution in [-0.2, 0) is 11.4 Å². The van der Waals surface area contributed by atoms with E-state index in [1.54, 1.807) is 19.1 Å². The van der Waals surface area contributed by atoms with Crippen molar-refractivity contribution in [3.05, 3.63) is 64.5 Å². The van der Waals surface area contributed by atoms with Crippen LogP contribution in [0.3, 0.4) is 0 Å². The first kappa shape index (κ1) is 20.2. The van der Waals surface area contributed by atoms with E-state index < -0.39 is 18.5 Å². The van der Waals surface area contributed by atoms with Gasteiger partial charge in [0.15, 0.2) is 23.0 Å². The Balaban J connectivity index is 1.86. The maximum atomic E-state index is 11.5. The van der Waals surface area contributed by atoms with Crippen molar-refractivity contribution in [2.24, 2.45) is 0 Å². The van der Waals surface area contributed by atoms with E-state index in [0.717, 1.165) is 16.9 Å². The summed E-state index contributed by atoms with van der Waals surface area (Å²) >= 11 is 0.954. The Morgan fingerprint density at radius 3 is 2.38 bits per heavy atom. The number of aromatic hydroxyl groups is 1. The van der Waals surface area contributed by atoms with Crippen molar-refractivity contribution in [1.82, 2.24) is 0 Å². The molecule has 0 aliphatic rings. The minimum absolute atomic E-state index is 0.0174. The molecule has 0 atom stereocenters. The molecule has 3 rings (SSSR count). The van der Waals surface area contributed by atoms with Gasteiger partial charge in [-0.3, -0.25) is 0 Å². The summed E-state index contributed by atoms with van der Waals surface area (Å²) in [5.41, 5.74) is 2.02. The maximum absolute atomic E-state index is 11.5. The standard InChI is InChI=1S/C21H18O7S/c1-12-18(28-11-17(23)24)20(21(25)26)29-19(12)14-7-8-16(15(22)9-14)27-10-13-5-3-2-4-6-13/h2-9,22H,10-11H2,1H3,(H,23,24)(H,25,26). The van der Waals surface area contributed by atoms with Crippen molar-refractivity contribution in [1.29, 1.82) is 0 Å². The Kier molecular flexibility index (Phi) is 6.04. The number of phenols is 1. The molecule has 1 heterocycles. The van der Waals surface area contributed by atoms with Crippen LogP contribution in [0.5, 0.6) is 17.2 Å². The van der Waals surface area contributed by atoms with Crippen molar-refractivity contribution in [2.75, 3.05) is 6.61 Å². The van der Waals surface area contributed by atoms with E-state index in [1.165, 1.54) is 6.07 Å². The third kappa shape index (κ3) is 4.67. The van der Waals surface area contributed by atoms with E-state index in [2.05, 4.69) is 0 Å². The van der Waals surface area contributed by atoms with Gasteiger partial charge in [0.25, 0.3) is 0 Å². The molecule has 1 aromatic heterocycles. The van der Waals surface area contributed by atoms with Gasteiger partial charge >= 0.3 is 11.9 Å². The molecule has 7 nitrogen and oxygen atoms in total. The first-order valence-corrected chi connectivity index (χ1v) is 9.40. The van der Waals surface area contributed by atoms with Gasteiger partial charge in [0.2, 0.25) is 0 Å². The molecule has 0 saturated carbocycles. The van der Waals surface area contributed by atoms with E-state index in [1.807, 2.05) is 30.3 Å². The van der Waals surface area contributed by atoms with Crippen LogP contribution in [-0.4, -0.2) is 33.9 Å². The van der Waals surface area contributed by atoms with Gasteiger partial charge in [-0.05, 0) is 36.2 Å². The number of carboxylic acids is 2. The summed E-state index contributed by atoms with van der Waals surface area (Å²) in [5.74, 6) is -2.18. The molecule has 0 aliphatic heterocycles. The molecule has 0 fully saturated rings. The maximum Gasteiger partial charge on any atom is 0.349 e. The molecular formula is C21H18O7S. The summed E-state index contributed by atoms with van der Waals surface area (Å²) < 4.78 is 10.8. The van der Waals surface area contributed by atoms with Gasteiger partial charge in [0, 0.05) is 10.4 Å². The van der Waals surface area contributed by atoms with Crippen LogP contribution in [0.4, 0.5) is 0 Å². The van der Waals surface area contributed by atoms with Crippen molar-refractivity contribution >= 4 is 23.3 Å². The number of benzene rings is 2. The predicted molar refractivity (Wildman–Crippen MR) is 107 cm³/mol. The number of rotatable bonds is 8. The number of carboxylic acid groups (broad SMARTS) is 2. The lowest BCUT2D eigenvalue weighted by Crippen LogP contribution is -2.11. The van der Waals surface area contributed by atoms with Crippen molar-refractivity contribution in [3.8, 4) is 27.7 Å². The number of hydrogen-bond donors (Lipinski definition) is 3. The van der Waals surface area contributed by atoms with Crippen LogP contribution in [0.1, 0.15) is 20.8 Å². The highest BCUT2D eigenvalue weighted by atomic mass is 32.1. The highest BCUT2D eigenvalue weighted by Crippen LogP contribution is 2.43. The molecule has 29 heavy (non-hydrogen) atoms. The smallest absolute Gasteiger partial charge is 0.349 e. The molecular weight excluding hydrogens is 396 g/mol. The van der Waals surface area contributed by atoms with E-state index >= 15 is 0 Å². The lowest BCUT2D eigenvalue weighted by Gasteiger charge is -2.10. The highest BCUT2D eigenvalue weighted by molar-refractivity contribution is 7.18. The van der Waals surface area contributed by atoms with Gasteiger partial charge < -0.3 is 24.8 Å². The third-order valence-electron chi connectivity index (χ3n) is 4.08. The number of phenolic OH excluding ortho intramolecular Hbond substituents is 1. The molecule has 0 radical (unpaired) electrons. The molecule has 0 spiro atoms. The van der Waals surface area contributed by atoms with Crippen LogP contribution in [0.15, 0.2) is 48.5 Å². The minimum atomic E-state index is -1.21. The summed E-state index contributed by atoms with van der Waals surface area (Å²) in [7, 11) is 0. The van der Waals surface area contributed by atoms with Gasteiger partial charge in [0.1, 0.15) is 12.4 Å². The summed E-state index contributed by atoms with van der Waals surface area (Å²) in [5, 5.41) is 28.5.